The van der Waals surface area contributed by atoms with Gasteiger partial charge in [-0.15, -0.1) is 0 Å². The number of ether oxygens (including phenoxy) is 1. The highest BCUT2D eigenvalue weighted by Gasteiger charge is 2.39. The lowest BCUT2D eigenvalue weighted by molar-refractivity contribution is 0.0557. The highest BCUT2D eigenvalue weighted by molar-refractivity contribution is 6.34. The SMILES string of the molecule is Clc1cc(Cl)nc(OCC2NCC3CC2C3)c1. The van der Waals surface area contributed by atoms with Gasteiger partial charge in [0.05, 0.1) is 0 Å². The van der Waals surface area contributed by atoms with E-state index >= 15 is 0 Å². The molecule has 1 unspecified atom stereocenters. The lowest BCUT2D eigenvalue weighted by Gasteiger charge is -2.47. The van der Waals surface area contributed by atoms with Gasteiger partial charge < -0.3 is 10.1 Å². The van der Waals surface area contributed by atoms with E-state index < -0.39 is 0 Å². The third-order valence-electron chi connectivity index (χ3n) is 3.66. The number of nitrogens with one attached hydrogen (secondary N) is 1. The van der Waals surface area contributed by atoms with Crippen LogP contribution in [0.5, 0.6) is 5.88 Å². The highest BCUT2D eigenvalue weighted by atomic mass is 35.5. The fourth-order valence-electron chi connectivity index (χ4n) is 2.65. The van der Waals surface area contributed by atoms with Crippen molar-refractivity contribution in [2.45, 2.75) is 18.9 Å². The summed E-state index contributed by atoms with van der Waals surface area (Å²) < 4.78 is 5.66. The van der Waals surface area contributed by atoms with Gasteiger partial charge in [0.15, 0.2) is 0 Å². The number of fused-ring (bicyclic) bond motifs is 2. The van der Waals surface area contributed by atoms with Gasteiger partial charge in [0.25, 0.3) is 0 Å². The second-order valence-corrected chi connectivity index (χ2v) is 5.69. The van der Waals surface area contributed by atoms with Crippen LogP contribution >= 0.6 is 23.2 Å². The summed E-state index contributed by atoms with van der Waals surface area (Å²) in [5.41, 5.74) is 0. The van der Waals surface area contributed by atoms with E-state index in [2.05, 4.69) is 10.3 Å². The molecule has 1 aromatic heterocycles. The molecule has 1 aromatic rings. The molecule has 0 amide bonds. The number of aromatic nitrogens is 1. The van der Waals surface area contributed by atoms with Crippen molar-refractivity contribution in [3.8, 4) is 5.88 Å². The smallest absolute Gasteiger partial charge is 0.216 e. The maximum atomic E-state index is 5.89. The molecule has 4 rings (SSSR count). The van der Waals surface area contributed by atoms with Crippen molar-refractivity contribution in [2.75, 3.05) is 13.2 Å². The molecule has 3 aliphatic rings. The van der Waals surface area contributed by atoms with Crippen molar-refractivity contribution in [3.05, 3.63) is 22.3 Å². The topological polar surface area (TPSA) is 34.1 Å². The van der Waals surface area contributed by atoms with Crippen LogP contribution in [0.25, 0.3) is 0 Å². The first-order valence-electron chi connectivity index (χ1n) is 5.90. The van der Waals surface area contributed by atoms with E-state index in [9.17, 15) is 0 Å². The number of hydrogen-bond acceptors (Lipinski definition) is 3. The molecule has 1 atom stereocenters. The number of hydrogen-bond donors (Lipinski definition) is 1. The van der Waals surface area contributed by atoms with E-state index in [0.29, 0.717) is 28.7 Å². The third-order valence-corrected chi connectivity index (χ3v) is 4.07. The molecular formula is C12H14Cl2N2O. The molecule has 2 aliphatic heterocycles. The molecule has 2 saturated heterocycles. The third kappa shape index (κ3) is 2.51. The molecule has 1 N–H and O–H groups in total. The van der Waals surface area contributed by atoms with Gasteiger partial charge in [-0.3, -0.25) is 0 Å². The van der Waals surface area contributed by atoms with Gasteiger partial charge in [0.1, 0.15) is 11.8 Å². The largest absolute Gasteiger partial charge is 0.476 e. The van der Waals surface area contributed by atoms with Crippen molar-refractivity contribution >= 4 is 23.2 Å². The molecule has 17 heavy (non-hydrogen) atoms. The summed E-state index contributed by atoms with van der Waals surface area (Å²) in [7, 11) is 0. The Morgan fingerprint density at radius 3 is 2.82 bits per heavy atom. The number of pyridine rings is 1. The van der Waals surface area contributed by atoms with Gasteiger partial charge >= 0.3 is 0 Å². The number of nitrogens with zero attached hydrogens (tertiary/aromatic N) is 1. The van der Waals surface area contributed by atoms with Crippen molar-refractivity contribution in [2.24, 2.45) is 11.8 Å². The average Bonchev–Trinajstić information content (AvgIpc) is 2.24. The first-order valence-corrected chi connectivity index (χ1v) is 6.65. The summed E-state index contributed by atoms with van der Waals surface area (Å²) in [6, 6.07) is 3.74. The lowest BCUT2D eigenvalue weighted by atomic mass is 9.68. The predicted molar refractivity (Wildman–Crippen MR) is 67.8 cm³/mol. The number of piperidine rings is 2. The minimum Gasteiger partial charge on any atom is -0.476 e. The summed E-state index contributed by atoms with van der Waals surface area (Å²) in [4.78, 5) is 4.09. The van der Waals surface area contributed by atoms with Crippen LogP contribution < -0.4 is 10.1 Å². The molecule has 2 bridgehead atoms. The van der Waals surface area contributed by atoms with Gasteiger partial charge in [-0.25, -0.2) is 4.98 Å². The second-order valence-electron chi connectivity index (χ2n) is 4.87. The fraction of sp³-hybridized carbons (Fsp3) is 0.583. The van der Waals surface area contributed by atoms with Crippen LogP contribution in [0, 0.1) is 11.8 Å². The molecule has 0 spiro atoms. The zero-order valence-corrected chi connectivity index (χ0v) is 10.8. The van der Waals surface area contributed by atoms with Crippen LogP contribution in [-0.2, 0) is 0 Å². The number of halogens is 2. The normalized spacial score (nSPS) is 30.8. The molecule has 92 valence electrons. The maximum Gasteiger partial charge on any atom is 0.216 e. The Hall–Kier alpha value is -0.510. The Morgan fingerprint density at radius 1 is 1.35 bits per heavy atom. The van der Waals surface area contributed by atoms with E-state index in [4.69, 9.17) is 27.9 Å². The van der Waals surface area contributed by atoms with Crippen LogP contribution in [-0.4, -0.2) is 24.2 Å². The van der Waals surface area contributed by atoms with Crippen LogP contribution in [0.15, 0.2) is 12.1 Å². The van der Waals surface area contributed by atoms with Gasteiger partial charge in [-0.2, -0.15) is 0 Å². The van der Waals surface area contributed by atoms with E-state index in [0.717, 1.165) is 18.4 Å². The van der Waals surface area contributed by atoms with Crippen LogP contribution in [0.2, 0.25) is 10.2 Å². The van der Waals surface area contributed by atoms with Gasteiger partial charge in [0, 0.05) is 17.1 Å². The first kappa shape index (κ1) is 11.6. The second kappa shape index (κ2) is 4.63. The highest BCUT2D eigenvalue weighted by Crippen LogP contribution is 2.39. The molecule has 3 fully saturated rings. The molecule has 3 heterocycles. The Bertz CT molecular complexity index is 398. The summed E-state index contributed by atoms with van der Waals surface area (Å²) >= 11 is 11.7. The first-order chi connectivity index (χ1) is 8.20. The van der Waals surface area contributed by atoms with E-state index in [1.807, 2.05) is 0 Å². The minimum absolute atomic E-state index is 0.368. The van der Waals surface area contributed by atoms with Gasteiger partial charge in [-0.05, 0) is 37.3 Å². The lowest BCUT2D eigenvalue weighted by Crippen LogP contribution is -2.55. The van der Waals surface area contributed by atoms with E-state index in [1.165, 1.54) is 12.8 Å². The molecule has 1 saturated carbocycles. The van der Waals surface area contributed by atoms with Crippen LogP contribution in [0.1, 0.15) is 12.8 Å². The van der Waals surface area contributed by atoms with Crippen LogP contribution in [0.3, 0.4) is 0 Å². The monoisotopic (exact) mass is 272 g/mol. The summed E-state index contributed by atoms with van der Waals surface area (Å²) in [6.07, 6.45) is 2.68. The standard InChI is InChI=1S/C12H14Cl2N2O/c13-9-3-11(14)16-12(4-9)17-6-10-8-1-7(2-8)5-15-10/h3-4,7-8,10,15H,1-2,5-6H2. The van der Waals surface area contributed by atoms with Crippen molar-refractivity contribution in [1.29, 1.82) is 0 Å². The Balaban J connectivity index is 1.59. The Kier molecular flexibility index (Phi) is 3.16. The van der Waals surface area contributed by atoms with Crippen molar-refractivity contribution in [1.82, 2.24) is 10.3 Å². The molecular weight excluding hydrogens is 259 g/mol. The zero-order valence-electron chi connectivity index (χ0n) is 9.33. The van der Waals surface area contributed by atoms with Crippen LogP contribution in [0.4, 0.5) is 0 Å². The van der Waals surface area contributed by atoms with Crippen molar-refractivity contribution < 1.29 is 4.74 Å². The van der Waals surface area contributed by atoms with E-state index in [-0.39, 0.29) is 0 Å². The minimum atomic E-state index is 0.368. The molecule has 1 aliphatic carbocycles. The quantitative estimate of drug-likeness (QED) is 0.860. The maximum absolute atomic E-state index is 5.89. The Labute approximate surface area is 110 Å². The average molecular weight is 273 g/mol. The zero-order chi connectivity index (χ0) is 11.8. The molecule has 0 aromatic carbocycles. The van der Waals surface area contributed by atoms with Gasteiger partial charge in [-0.1, -0.05) is 23.2 Å². The molecule has 5 heteroatoms. The fourth-order valence-corrected chi connectivity index (χ4v) is 3.11. The summed E-state index contributed by atoms with van der Waals surface area (Å²) in [5, 5.41) is 4.42. The van der Waals surface area contributed by atoms with E-state index in [1.54, 1.807) is 12.1 Å². The molecule has 3 nitrogen and oxygen atoms in total. The Morgan fingerprint density at radius 2 is 2.18 bits per heavy atom. The predicted octanol–water partition coefficient (Wildman–Crippen LogP) is 2.77. The number of rotatable bonds is 3. The van der Waals surface area contributed by atoms with Crippen molar-refractivity contribution in [3.63, 3.8) is 0 Å². The molecule has 0 radical (unpaired) electrons. The summed E-state index contributed by atoms with van der Waals surface area (Å²) in [5.74, 6) is 2.17. The summed E-state index contributed by atoms with van der Waals surface area (Å²) in [6.45, 7) is 1.76. The van der Waals surface area contributed by atoms with Gasteiger partial charge in [0.2, 0.25) is 5.88 Å².